The molecule has 0 saturated carbocycles. The first kappa shape index (κ1) is 25.8. The Morgan fingerprint density at radius 1 is 0.289 bits per heavy atom. The molecule has 0 radical (unpaired) electrons. The zero-order valence-corrected chi connectivity index (χ0v) is 25.1. The van der Waals surface area contributed by atoms with Crippen LogP contribution in [0.3, 0.4) is 0 Å². The van der Waals surface area contributed by atoms with Gasteiger partial charge in [-0.3, -0.25) is 0 Å². The third-order valence-electron chi connectivity index (χ3n) is 6.61. The zero-order valence-electron chi connectivity index (χ0n) is 21.9. The molecule has 0 fully saturated rings. The molecular weight excluding hydrogens is 537 g/mol. The van der Waals surface area contributed by atoms with E-state index in [1.165, 1.54) is 72.6 Å². The van der Waals surface area contributed by atoms with Crippen molar-refractivity contribution in [3.63, 3.8) is 0 Å². The topological polar surface area (TPSA) is 0 Å². The van der Waals surface area contributed by atoms with Crippen LogP contribution in [0.25, 0.3) is 19.6 Å². The summed E-state index contributed by atoms with van der Waals surface area (Å²) in [4.78, 5) is 5.40. The molecule has 2 aliphatic heterocycles. The van der Waals surface area contributed by atoms with Gasteiger partial charge in [-0.1, -0.05) is 166 Å². The number of benzene rings is 4. The van der Waals surface area contributed by atoms with Gasteiger partial charge in [-0.05, 0) is 49.9 Å². The first-order valence-electron chi connectivity index (χ1n) is 12.7. The Morgan fingerprint density at radius 3 is 0.658 bits per heavy atom. The molecule has 0 nitrogen and oxygen atoms in total. The second-order valence-corrected chi connectivity index (χ2v) is 14.4. The van der Waals surface area contributed by atoms with Gasteiger partial charge in [0.1, 0.15) is 0 Å². The van der Waals surface area contributed by atoms with Crippen molar-refractivity contribution in [3.05, 3.63) is 150 Å². The summed E-state index contributed by atoms with van der Waals surface area (Å²) in [5, 5.41) is 0. The highest BCUT2D eigenvalue weighted by Gasteiger charge is 2.32. The van der Waals surface area contributed by atoms with Crippen LogP contribution in [0, 0.1) is 27.7 Å². The maximum Gasteiger partial charge on any atom is 0.0707 e. The molecule has 0 amide bonds. The van der Waals surface area contributed by atoms with Crippen molar-refractivity contribution in [1.82, 2.24) is 0 Å². The molecule has 0 atom stereocenters. The molecule has 0 aliphatic carbocycles. The highest BCUT2D eigenvalue weighted by atomic mass is 32.2. The molecule has 0 N–H and O–H groups in total. The van der Waals surface area contributed by atoms with Crippen molar-refractivity contribution in [1.29, 1.82) is 0 Å². The summed E-state index contributed by atoms with van der Waals surface area (Å²) in [5.74, 6) is 0. The Balaban J connectivity index is 1.41. The molecule has 2 aliphatic rings. The number of thioether (sulfide) groups is 4. The van der Waals surface area contributed by atoms with E-state index in [9.17, 15) is 0 Å². The molecule has 188 valence electrons. The van der Waals surface area contributed by atoms with Crippen molar-refractivity contribution in [2.24, 2.45) is 0 Å². The Hall–Kier alpha value is -2.50. The third kappa shape index (κ3) is 5.33. The molecule has 0 unspecified atom stereocenters. The summed E-state index contributed by atoms with van der Waals surface area (Å²) in [6.45, 7) is 8.61. The summed E-state index contributed by atoms with van der Waals surface area (Å²) >= 11 is 7.71. The van der Waals surface area contributed by atoms with E-state index >= 15 is 0 Å². The first-order chi connectivity index (χ1) is 18.4. The highest BCUT2D eigenvalue weighted by Crippen LogP contribution is 2.66. The van der Waals surface area contributed by atoms with Gasteiger partial charge in [0, 0.05) is 19.6 Å². The van der Waals surface area contributed by atoms with E-state index in [0.29, 0.717) is 0 Å². The van der Waals surface area contributed by atoms with E-state index in [1.807, 2.05) is 47.0 Å². The van der Waals surface area contributed by atoms with Crippen LogP contribution in [0.1, 0.15) is 44.5 Å². The molecule has 38 heavy (non-hydrogen) atoms. The van der Waals surface area contributed by atoms with Gasteiger partial charge in [-0.2, -0.15) is 0 Å². The summed E-state index contributed by atoms with van der Waals surface area (Å²) < 4.78 is 2.75. The smallest absolute Gasteiger partial charge is 0.0707 e. The van der Waals surface area contributed by atoms with Crippen LogP contribution in [0.4, 0.5) is 0 Å². The lowest BCUT2D eigenvalue weighted by molar-refractivity contribution is 1.46. The van der Waals surface area contributed by atoms with E-state index < -0.39 is 0 Å². The molecule has 0 spiro atoms. The monoisotopic (exact) mass is 564 g/mol. The second-order valence-electron chi connectivity index (χ2n) is 9.76. The molecule has 0 bridgehead atoms. The Bertz CT molecular complexity index is 1340. The minimum Gasteiger partial charge on any atom is -0.0791 e. The fourth-order valence-electron chi connectivity index (χ4n) is 4.34. The lowest BCUT2D eigenvalue weighted by atomic mass is 10.1. The standard InChI is InChI=1S/C34H28S4/c1-21-5-13-25(14-6-21)29-30(26-15-7-22(2)8-16-26)36-33(35-29)34-37-31(27-17-9-23(3)10-18-27)32(38-34)28-19-11-24(4)12-20-28/h5-20H,1-4H3. The molecule has 0 saturated heterocycles. The van der Waals surface area contributed by atoms with Gasteiger partial charge in [-0.15, -0.1) is 0 Å². The lowest BCUT2D eigenvalue weighted by Crippen LogP contribution is -1.84. The van der Waals surface area contributed by atoms with Crippen LogP contribution in [-0.4, -0.2) is 0 Å². The van der Waals surface area contributed by atoms with Crippen molar-refractivity contribution in [2.45, 2.75) is 27.7 Å². The first-order valence-corrected chi connectivity index (χ1v) is 15.9. The Labute approximate surface area is 243 Å². The minimum absolute atomic E-state index is 1.29. The summed E-state index contributed by atoms with van der Waals surface area (Å²) in [6, 6.07) is 35.9. The molecule has 6 rings (SSSR count). The maximum atomic E-state index is 2.27. The molecular formula is C34H28S4. The van der Waals surface area contributed by atoms with Crippen LogP contribution in [-0.2, 0) is 0 Å². The van der Waals surface area contributed by atoms with Crippen molar-refractivity contribution >= 4 is 66.7 Å². The van der Waals surface area contributed by atoms with Crippen LogP contribution in [0.2, 0.25) is 0 Å². The molecule has 2 heterocycles. The van der Waals surface area contributed by atoms with E-state index in [2.05, 4.69) is 125 Å². The predicted molar refractivity (Wildman–Crippen MR) is 176 cm³/mol. The summed E-state index contributed by atoms with van der Waals surface area (Å²) in [7, 11) is 0. The van der Waals surface area contributed by atoms with E-state index in [0.717, 1.165) is 0 Å². The summed E-state index contributed by atoms with van der Waals surface area (Å²) in [6.07, 6.45) is 0. The van der Waals surface area contributed by atoms with Gasteiger partial charge in [0.15, 0.2) is 0 Å². The fraction of sp³-hybridized carbons (Fsp3) is 0.118. The van der Waals surface area contributed by atoms with E-state index in [-0.39, 0.29) is 0 Å². The van der Waals surface area contributed by atoms with Crippen LogP contribution in [0.15, 0.2) is 106 Å². The van der Waals surface area contributed by atoms with Crippen molar-refractivity contribution in [2.75, 3.05) is 0 Å². The van der Waals surface area contributed by atoms with Gasteiger partial charge >= 0.3 is 0 Å². The molecule has 4 aromatic rings. The van der Waals surface area contributed by atoms with Crippen LogP contribution < -0.4 is 0 Å². The largest absolute Gasteiger partial charge is 0.0791 e. The van der Waals surface area contributed by atoms with E-state index in [4.69, 9.17) is 0 Å². The normalized spacial score (nSPS) is 15.7. The molecule has 4 aromatic carbocycles. The number of hydrogen-bond donors (Lipinski definition) is 0. The number of rotatable bonds is 4. The molecule has 0 aromatic heterocycles. The van der Waals surface area contributed by atoms with Gasteiger partial charge in [0.05, 0.1) is 8.47 Å². The van der Waals surface area contributed by atoms with Crippen LogP contribution in [0.5, 0.6) is 0 Å². The predicted octanol–water partition coefficient (Wildman–Crippen LogP) is 11.4. The third-order valence-corrected chi connectivity index (χ3v) is 12.5. The average Bonchev–Trinajstić information content (AvgIpc) is 3.56. The number of hydrogen-bond acceptors (Lipinski definition) is 4. The van der Waals surface area contributed by atoms with Gasteiger partial charge in [0.25, 0.3) is 0 Å². The van der Waals surface area contributed by atoms with Gasteiger partial charge in [0.2, 0.25) is 0 Å². The summed E-state index contributed by atoms with van der Waals surface area (Å²) in [5.41, 5.74) is 10.3. The van der Waals surface area contributed by atoms with E-state index in [1.54, 1.807) is 0 Å². The lowest BCUT2D eigenvalue weighted by Gasteiger charge is -2.07. The number of aryl methyl sites for hydroxylation is 4. The fourth-order valence-corrected chi connectivity index (χ4v) is 10.1. The SMILES string of the molecule is Cc1ccc(C2=C(c3ccc(C)cc3)SC(=C3SC(c4ccc(C)cc4)=C(c4ccc(C)cc4)S3)S2)cc1. The van der Waals surface area contributed by atoms with Gasteiger partial charge in [-0.25, -0.2) is 0 Å². The quantitative estimate of drug-likeness (QED) is 0.242. The second kappa shape index (κ2) is 10.9. The van der Waals surface area contributed by atoms with Crippen molar-refractivity contribution < 1.29 is 0 Å². The average molecular weight is 565 g/mol. The Kier molecular flexibility index (Phi) is 7.41. The van der Waals surface area contributed by atoms with Crippen molar-refractivity contribution in [3.8, 4) is 0 Å². The zero-order chi connectivity index (χ0) is 26.2. The molecule has 4 heteroatoms. The Morgan fingerprint density at radius 2 is 0.474 bits per heavy atom. The maximum absolute atomic E-state index is 2.27. The minimum atomic E-state index is 1.29. The van der Waals surface area contributed by atoms with Gasteiger partial charge < -0.3 is 0 Å². The highest BCUT2D eigenvalue weighted by molar-refractivity contribution is 8.39. The van der Waals surface area contributed by atoms with Crippen LogP contribution >= 0.6 is 47.0 Å².